The number of hydrogen-bond acceptors (Lipinski definition) is 2. The molecular formula is C15H13BrO3. The van der Waals surface area contributed by atoms with Gasteiger partial charge in [-0.05, 0) is 48.4 Å². The lowest BCUT2D eigenvalue weighted by Gasteiger charge is -2.09. The van der Waals surface area contributed by atoms with Crippen molar-refractivity contribution in [2.24, 2.45) is 0 Å². The molecule has 2 aromatic carbocycles. The van der Waals surface area contributed by atoms with Crippen LogP contribution in [0.15, 0.2) is 46.9 Å². The number of carbonyl (C=O) groups is 1. The molecule has 3 nitrogen and oxygen atoms in total. The van der Waals surface area contributed by atoms with Gasteiger partial charge in [0.05, 0.1) is 5.56 Å². The van der Waals surface area contributed by atoms with Crippen molar-refractivity contribution >= 4 is 21.9 Å². The summed E-state index contributed by atoms with van der Waals surface area (Å²) in [4.78, 5) is 10.8. The third-order valence-corrected chi connectivity index (χ3v) is 3.27. The number of benzene rings is 2. The van der Waals surface area contributed by atoms with E-state index in [1.807, 2.05) is 31.2 Å². The van der Waals surface area contributed by atoms with Crippen LogP contribution >= 0.6 is 15.9 Å². The third-order valence-electron chi connectivity index (χ3n) is 2.78. The summed E-state index contributed by atoms with van der Waals surface area (Å²) < 4.78 is 6.64. The Morgan fingerprint density at radius 3 is 2.68 bits per heavy atom. The summed E-state index contributed by atoms with van der Waals surface area (Å²) in [5.74, 6) is -0.140. The number of ether oxygens (including phenoxy) is 1. The zero-order valence-electron chi connectivity index (χ0n) is 10.4. The highest BCUT2D eigenvalue weighted by Crippen LogP contribution is 2.20. The van der Waals surface area contributed by atoms with Gasteiger partial charge in [0.25, 0.3) is 0 Å². The molecule has 0 saturated carbocycles. The summed E-state index contributed by atoms with van der Waals surface area (Å²) in [5.41, 5.74) is 2.18. The largest absolute Gasteiger partial charge is 0.489 e. The lowest BCUT2D eigenvalue weighted by Crippen LogP contribution is -2.01. The molecule has 0 unspecified atom stereocenters. The SMILES string of the molecule is Cc1cc(C(=O)O)ccc1COc1cccc(Br)c1. The summed E-state index contributed by atoms with van der Waals surface area (Å²) in [5, 5.41) is 8.90. The number of rotatable bonds is 4. The number of aromatic carboxylic acids is 1. The van der Waals surface area contributed by atoms with Crippen LogP contribution < -0.4 is 4.74 Å². The maximum Gasteiger partial charge on any atom is 0.335 e. The van der Waals surface area contributed by atoms with Crippen LogP contribution in [0, 0.1) is 6.92 Å². The van der Waals surface area contributed by atoms with Crippen molar-refractivity contribution in [2.45, 2.75) is 13.5 Å². The maximum absolute atomic E-state index is 10.8. The molecule has 0 fully saturated rings. The minimum Gasteiger partial charge on any atom is -0.489 e. The van der Waals surface area contributed by atoms with Crippen molar-refractivity contribution in [3.8, 4) is 5.75 Å². The van der Waals surface area contributed by atoms with Crippen LogP contribution in [0.3, 0.4) is 0 Å². The van der Waals surface area contributed by atoms with Crippen molar-refractivity contribution in [3.05, 3.63) is 63.6 Å². The lowest BCUT2D eigenvalue weighted by atomic mass is 10.1. The van der Waals surface area contributed by atoms with Crippen LogP contribution in [0.5, 0.6) is 5.75 Å². The molecule has 2 aromatic rings. The van der Waals surface area contributed by atoms with Crippen LogP contribution in [0.4, 0.5) is 0 Å². The van der Waals surface area contributed by atoms with Gasteiger partial charge in [-0.1, -0.05) is 28.1 Å². The second kappa shape index (κ2) is 5.89. The number of aryl methyl sites for hydroxylation is 1. The van der Waals surface area contributed by atoms with Crippen LogP contribution in [0.2, 0.25) is 0 Å². The first-order chi connectivity index (χ1) is 9.06. The molecule has 0 bridgehead atoms. The normalized spacial score (nSPS) is 10.2. The fourth-order valence-electron chi connectivity index (χ4n) is 1.71. The van der Waals surface area contributed by atoms with Crippen molar-refractivity contribution in [3.63, 3.8) is 0 Å². The Balaban J connectivity index is 2.10. The minimum atomic E-state index is -0.914. The molecule has 0 amide bonds. The smallest absolute Gasteiger partial charge is 0.335 e. The Bertz CT molecular complexity index is 608. The van der Waals surface area contributed by atoms with Crippen LogP contribution in [-0.4, -0.2) is 11.1 Å². The summed E-state index contributed by atoms with van der Waals surface area (Å²) in [7, 11) is 0. The summed E-state index contributed by atoms with van der Waals surface area (Å²) in [6, 6.07) is 12.6. The summed E-state index contributed by atoms with van der Waals surface area (Å²) in [6.07, 6.45) is 0. The summed E-state index contributed by atoms with van der Waals surface area (Å²) in [6.45, 7) is 2.30. The molecule has 0 heterocycles. The van der Waals surface area contributed by atoms with Gasteiger partial charge in [-0.2, -0.15) is 0 Å². The highest BCUT2D eigenvalue weighted by molar-refractivity contribution is 9.10. The van der Waals surface area contributed by atoms with E-state index in [-0.39, 0.29) is 0 Å². The van der Waals surface area contributed by atoms with Crippen LogP contribution in [-0.2, 0) is 6.61 Å². The van der Waals surface area contributed by atoms with Crippen molar-refractivity contribution in [1.82, 2.24) is 0 Å². The van der Waals surface area contributed by atoms with Crippen LogP contribution in [0.25, 0.3) is 0 Å². The first-order valence-electron chi connectivity index (χ1n) is 5.77. The van der Waals surface area contributed by atoms with E-state index in [2.05, 4.69) is 15.9 Å². The minimum absolute atomic E-state index is 0.295. The first kappa shape index (κ1) is 13.6. The van der Waals surface area contributed by atoms with Gasteiger partial charge in [0, 0.05) is 4.47 Å². The quantitative estimate of drug-likeness (QED) is 0.924. The lowest BCUT2D eigenvalue weighted by molar-refractivity contribution is 0.0696. The molecule has 0 aliphatic heterocycles. The number of hydrogen-bond donors (Lipinski definition) is 1. The van der Waals surface area contributed by atoms with Gasteiger partial charge >= 0.3 is 5.97 Å². The van der Waals surface area contributed by atoms with E-state index in [1.165, 1.54) is 0 Å². The highest BCUT2D eigenvalue weighted by atomic mass is 79.9. The molecule has 1 N–H and O–H groups in total. The number of halogens is 1. The Morgan fingerprint density at radius 1 is 1.26 bits per heavy atom. The van der Waals surface area contributed by atoms with E-state index >= 15 is 0 Å². The fraction of sp³-hybridized carbons (Fsp3) is 0.133. The second-order valence-electron chi connectivity index (χ2n) is 4.19. The van der Waals surface area contributed by atoms with Gasteiger partial charge in [-0.15, -0.1) is 0 Å². The second-order valence-corrected chi connectivity index (χ2v) is 5.11. The Kier molecular flexibility index (Phi) is 4.22. The van der Waals surface area contributed by atoms with Crippen molar-refractivity contribution in [2.75, 3.05) is 0 Å². The standard InChI is InChI=1S/C15H13BrO3/c1-10-7-11(15(17)18)5-6-12(10)9-19-14-4-2-3-13(16)8-14/h2-8H,9H2,1H3,(H,17,18). The average Bonchev–Trinajstić information content (AvgIpc) is 2.37. The van der Waals surface area contributed by atoms with Gasteiger partial charge in [-0.25, -0.2) is 4.79 Å². The van der Waals surface area contributed by atoms with Crippen LogP contribution in [0.1, 0.15) is 21.5 Å². The van der Waals surface area contributed by atoms with Crippen molar-refractivity contribution in [1.29, 1.82) is 0 Å². The average molecular weight is 321 g/mol. The molecule has 2 rings (SSSR count). The van der Waals surface area contributed by atoms with E-state index in [0.29, 0.717) is 12.2 Å². The van der Waals surface area contributed by atoms with Gasteiger partial charge in [0.15, 0.2) is 0 Å². The molecule has 4 heteroatoms. The van der Waals surface area contributed by atoms with E-state index < -0.39 is 5.97 Å². The molecule has 98 valence electrons. The van der Waals surface area contributed by atoms with E-state index in [0.717, 1.165) is 21.3 Å². The van der Waals surface area contributed by atoms with Gasteiger partial charge in [-0.3, -0.25) is 0 Å². The molecule has 19 heavy (non-hydrogen) atoms. The molecule has 0 atom stereocenters. The number of carboxylic acids is 1. The molecule has 0 aliphatic rings. The number of carboxylic acid groups (broad SMARTS) is 1. The maximum atomic E-state index is 10.8. The van der Waals surface area contributed by atoms with Gasteiger partial charge in [0.1, 0.15) is 12.4 Å². The predicted octanol–water partition coefficient (Wildman–Crippen LogP) is 4.03. The molecule has 0 spiro atoms. The van der Waals surface area contributed by atoms with Gasteiger partial charge in [0.2, 0.25) is 0 Å². The van der Waals surface area contributed by atoms with E-state index in [9.17, 15) is 4.79 Å². The Morgan fingerprint density at radius 2 is 2.05 bits per heavy atom. The highest BCUT2D eigenvalue weighted by Gasteiger charge is 2.06. The van der Waals surface area contributed by atoms with E-state index in [1.54, 1.807) is 18.2 Å². The molecule has 0 radical (unpaired) electrons. The molecule has 0 aromatic heterocycles. The first-order valence-corrected chi connectivity index (χ1v) is 6.57. The third kappa shape index (κ3) is 3.58. The Hall–Kier alpha value is -1.81. The fourth-order valence-corrected chi connectivity index (χ4v) is 2.09. The molecular weight excluding hydrogens is 308 g/mol. The zero-order chi connectivity index (χ0) is 13.8. The molecule has 0 aliphatic carbocycles. The zero-order valence-corrected chi connectivity index (χ0v) is 12.0. The predicted molar refractivity (Wildman–Crippen MR) is 76.6 cm³/mol. The van der Waals surface area contributed by atoms with Crippen molar-refractivity contribution < 1.29 is 14.6 Å². The van der Waals surface area contributed by atoms with E-state index in [4.69, 9.17) is 9.84 Å². The monoisotopic (exact) mass is 320 g/mol. The Labute approximate surface area is 120 Å². The topological polar surface area (TPSA) is 46.5 Å². The molecule has 0 saturated heterocycles. The summed E-state index contributed by atoms with van der Waals surface area (Å²) >= 11 is 3.38. The van der Waals surface area contributed by atoms with Gasteiger partial charge < -0.3 is 9.84 Å².